The van der Waals surface area contributed by atoms with Crippen molar-refractivity contribution >= 4 is 5.91 Å². The van der Waals surface area contributed by atoms with Gasteiger partial charge >= 0.3 is 0 Å². The molecule has 1 aromatic rings. The van der Waals surface area contributed by atoms with Crippen LogP contribution in [-0.2, 0) is 11.3 Å². The third-order valence-corrected chi connectivity index (χ3v) is 3.70. The average Bonchev–Trinajstić information content (AvgIpc) is 2.42. The molecular formula is C16H23FN2O. The van der Waals surface area contributed by atoms with Crippen LogP contribution in [0.4, 0.5) is 4.39 Å². The lowest BCUT2D eigenvalue weighted by Crippen LogP contribution is -2.48. The highest BCUT2D eigenvalue weighted by Gasteiger charge is 2.22. The Kier molecular flexibility index (Phi) is 5.12. The quantitative estimate of drug-likeness (QED) is 0.918. The van der Waals surface area contributed by atoms with E-state index in [9.17, 15) is 9.18 Å². The molecule has 1 N–H and O–H groups in total. The molecule has 1 amide bonds. The zero-order chi connectivity index (χ0) is 14.5. The summed E-state index contributed by atoms with van der Waals surface area (Å²) in [4.78, 5) is 14.1. The minimum absolute atomic E-state index is 0.0301. The van der Waals surface area contributed by atoms with Crippen molar-refractivity contribution in [2.75, 3.05) is 13.1 Å². The number of nitrogens with one attached hydrogen (secondary N) is 1. The summed E-state index contributed by atoms with van der Waals surface area (Å²) in [5, 5.41) is 3.10. The van der Waals surface area contributed by atoms with Gasteiger partial charge in [-0.25, -0.2) is 4.39 Å². The molecule has 1 aliphatic rings. The molecule has 110 valence electrons. The number of halogens is 1. The minimum atomic E-state index is -0.200. The molecular weight excluding hydrogens is 255 g/mol. The molecule has 1 saturated heterocycles. The molecule has 0 saturated carbocycles. The van der Waals surface area contributed by atoms with Crippen LogP contribution in [0.15, 0.2) is 24.3 Å². The molecule has 1 unspecified atom stereocenters. The summed E-state index contributed by atoms with van der Waals surface area (Å²) >= 11 is 0. The normalized spacial score (nSPS) is 20.1. The van der Waals surface area contributed by atoms with E-state index in [1.807, 2.05) is 26.0 Å². The molecule has 20 heavy (non-hydrogen) atoms. The number of carbonyl (C=O) groups excluding carboxylic acids is 1. The zero-order valence-corrected chi connectivity index (χ0v) is 12.2. The molecule has 0 aliphatic carbocycles. The Bertz CT molecular complexity index is 444. The van der Waals surface area contributed by atoms with E-state index >= 15 is 0 Å². The van der Waals surface area contributed by atoms with Crippen molar-refractivity contribution in [3.63, 3.8) is 0 Å². The average molecular weight is 278 g/mol. The van der Waals surface area contributed by atoms with Crippen LogP contribution in [0.1, 0.15) is 32.3 Å². The molecule has 0 spiro atoms. The van der Waals surface area contributed by atoms with Crippen LogP contribution in [0.5, 0.6) is 0 Å². The Morgan fingerprint density at radius 1 is 1.40 bits per heavy atom. The van der Waals surface area contributed by atoms with Crippen LogP contribution in [0, 0.1) is 11.7 Å². The smallest absolute Gasteiger partial charge is 0.222 e. The molecule has 1 aromatic carbocycles. The van der Waals surface area contributed by atoms with Gasteiger partial charge in [0.15, 0.2) is 0 Å². The molecule has 1 heterocycles. The van der Waals surface area contributed by atoms with Crippen LogP contribution in [-0.4, -0.2) is 29.9 Å². The summed E-state index contributed by atoms with van der Waals surface area (Å²) in [7, 11) is 0. The van der Waals surface area contributed by atoms with Crippen molar-refractivity contribution in [2.45, 2.75) is 39.3 Å². The molecule has 0 bridgehead atoms. The van der Waals surface area contributed by atoms with Gasteiger partial charge in [-0.05, 0) is 37.1 Å². The van der Waals surface area contributed by atoms with Crippen LogP contribution in [0.25, 0.3) is 0 Å². The van der Waals surface area contributed by atoms with E-state index in [1.165, 1.54) is 12.1 Å². The number of hydrogen-bond acceptors (Lipinski definition) is 2. The van der Waals surface area contributed by atoms with Gasteiger partial charge in [-0.2, -0.15) is 0 Å². The standard InChI is InChI=1S/C16H23FN2O/c1-12(2)16(20)18-15-4-3-9-19(11-15)10-13-5-7-14(17)8-6-13/h5-8,12,15H,3-4,9-11H2,1-2H3,(H,18,20). The number of piperidine rings is 1. The largest absolute Gasteiger partial charge is 0.352 e. The van der Waals surface area contributed by atoms with Gasteiger partial charge in [0.1, 0.15) is 5.82 Å². The Morgan fingerprint density at radius 3 is 2.75 bits per heavy atom. The lowest BCUT2D eigenvalue weighted by Gasteiger charge is -2.33. The summed E-state index contributed by atoms with van der Waals surface area (Å²) in [6.07, 6.45) is 2.13. The number of amides is 1. The molecule has 3 nitrogen and oxygen atoms in total. The van der Waals surface area contributed by atoms with Gasteiger partial charge in [0.05, 0.1) is 0 Å². The predicted octanol–water partition coefficient (Wildman–Crippen LogP) is 2.56. The number of benzene rings is 1. The number of hydrogen-bond donors (Lipinski definition) is 1. The van der Waals surface area contributed by atoms with Gasteiger partial charge in [-0.1, -0.05) is 26.0 Å². The summed E-state index contributed by atoms with van der Waals surface area (Å²) < 4.78 is 12.9. The third kappa shape index (κ3) is 4.30. The van der Waals surface area contributed by atoms with E-state index in [0.29, 0.717) is 0 Å². The summed E-state index contributed by atoms with van der Waals surface area (Å²) in [6, 6.07) is 6.88. The summed E-state index contributed by atoms with van der Waals surface area (Å²) in [5.41, 5.74) is 1.11. The second-order valence-corrected chi connectivity index (χ2v) is 5.86. The van der Waals surface area contributed by atoms with Crippen LogP contribution >= 0.6 is 0 Å². The van der Waals surface area contributed by atoms with E-state index < -0.39 is 0 Å². The Hall–Kier alpha value is -1.42. The number of nitrogens with zero attached hydrogens (tertiary/aromatic N) is 1. The predicted molar refractivity (Wildman–Crippen MR) is 77.7 cm³/mol. The van der Waals surface area contributed by atoms with Crippen LogP contribution in [0.2, 0.25) is 0 Å². The maximum atomic E-state index is 12.9. The molecule has 1 aliphatic heterocycles. The maximum absolute atomic E-state index is 12.9. The monoisotopic (exact) mass is 278 g/mol. The third-order valence-electron chi connectivity index (χ3n) is 3.70. The van der Waals surface area contributed by atoms with Gasteiger partial charge in [-0.15, -0.1) is 0 Å². The molecule has 2 rings (SSSR count). The molecule has 4 heteroatoms. The molecule has 1 fully saturated rings. The van der Waals surface area contributed by atoms with Crippen molar-refractivity contribution in [1.82, 2.24) is 10.2 Å². The SMILES string of the molecule is CC(C)C(=O)NC1CCCN(Cc2ccc(F)cc2)C1. The van der Waals surface area contributed by atoms with E-state index in [-0.39, 0.29) is 23.7 Å². The van der Waals surface area contributed by atoms with Crippen molar-refractivity contribution in [3.8, 4) is 0 Å². The fourth-order valence-electron chi connectivity index (χ4n) is 2.53. The van der Waals surface area contributed by atoms with E-state index in [4.69, 9.17) is 0 Å². The summed E-state index contributed by atoms with van der Waals surface area (Å²) in [6.45, 7) is 6.54. The first kappa shape index (κ1) is 15.0. The second-order valence-electron chi connectivity index (χ2n) is 5.86. The van der Waals surface area contributed by atoms with Gasteiger partial charge in [0.25, 0.3) is 0 Å². The lowest BCUT2D eigenvalue weighted by atomic mass is 10.0. The van der Waals surface area contributed by atoms with Gasteiger partial charge in [0.2, 0.25) is 5.91 Å². The number of likely N-dealkylation sites (tertiary alicyclic amines) is 1. The first-order valence-corrected chi connectivity index (χ1v) is 7.32. The summed E-state index contributed by atoms with van der Waals surface area (Å²) in [5.74, 6) is -0.0458. The van der Waals surface area contributed by atoms with Crippen molar-refractivity contribution in [2.24, 2.45) is 5.92 Å². The van der Waals surface area contributed by atoms with Gasteiger partial charge in [-0.3, -0.25) is 9.69 Å². The fraction of sp³-hybridized carbons (Fsp3) is 0.562. The number of rotatable bonds is 4. The topological polar surface area (TPSA) is 32.3 Å². The van der Waals surface area contributed by atoms with E-state index in [2.05, 4.69) is 10.2 Å². The molecule has 1 atom stereocenters. The Balaban J connectivity index is 1.87. The van der Waals surface area contributed by atoms with Gasteiger partial charge in [0, 0.05) is 25.0 Å². The zero-order valence-electron chi connectivity index (χ0n) is 12.2. The highest BCUT2D eigenvalue weighted by molar-refractivity contribution is 5.78. The first-order valence-electron chi connectivity index (χ1n) is 7.32. The fourth-order valence-corrected chi connectivity index (χ4v) is 2.53. The maximum Gasteiger partial charge on any atom is 0.222 e. The second kappa shape index (κ2) is 6.84. The van der Waals surface area contributed by atoms with Crippen molar-refractivity contribution in [3.05, 3.63) is 35.6 Å². The Labute approximate surface area is 120 Å². The highest BCUT2D eigenvalue weighted by Crippen LogP contribution is 2.14. The van der Waals surface area contributed by atoms with Crippen LogP contribution < -0.4 is 5.32 Å². The molecule has 0 radical (unpaired) electrons. The highest BCUT2D eigenvalue weighted by atomic mass is 19.1. The minimum Gasteiger partial charge on any atom is -0.352 e. The Morgan fingerprint density at radius 2 is 2.10 bits per heavy atom. The van der Waals surface area contributed by atoms with Crippen molar-refractivity contribution < 1.29 is 9.18 Å². The number of carbonyl (C=O) groups is 1. The van der Waals surface area contributed by atoms with E-state index in [0.717, 1.165) is 38.0 Å². The van der Waals surface area contributed by atoms with Crippen LogP contribution in [0.3, 0.4) is 0 Å². The first-order chi connectivity index (χ1) is 9.54. The van der Waals surface area contributed by atoms with Gasteiger partial charge < -0.3 is 5.32 Å². The van der Waals surface area contributed by atoms with E-state index in [1.54, 1.807) is 0 Å². The molecule has 0 aromatic heterocycles. The van der Waals surface area contributed by atoms with Crippen molar-refractivity contribution in [1.29, 1.82) is 0 Å². The lowest BCUT2D eigenvalue weighted by molar-refractivity contribution is -0.125.